The van der Waals surface area contributed by atoms with Crippen LogP contribution in [0.15, 0.2) is 4.99 Å². The van der Waals surface area contributed by atoms with Crippen molar-refractivity contribution >= 4 is 5.84 Å². The lowest BCUT2D eigenvalue weighted by molar-refractivity contribution is 0.428. The zero-order chi connectivity index (χ0) is 9.80. The van der Waals surface area contributed by atoms with E-state index in [1.54, 1.807) is 0 Å². The number of hydrogen-bond donors (Lipinski definition) is 1. The lowest BCUT2D eigenvalue weighted by Crippen LogP contribution is -2.36. The van der Waals surface area contributed by atoms with E-state index < -0.39 is 0 Å². The summed E-state index contributed by atoms with van der Waals surface area (Å²) in [5.74, 6) is 2.20. The first-order valence-electron chi connectivity index (χ1n) is 5.85. The van der Waals surface area contributed by atoms with E-state index in [1.807, 2.05) is 7.05 Å². The number of rotatable bonds is 4. The summed E-state index contributed by atoms with van der Waals surface area (Å²) in [6, 6.07) is 0. The van der Waals surface area contributed by atoms with Crippen molar-refractivity contribution in [3.05, 3.63) is 0 Å². The molecular formula is C11H21N3. The standard InChI is InChI=1S/C11H21N3/c1-12-6-8-14-9-7-13-11(14)10-4-2-3-5-10/h10,12H,2-9H2,1H3. The summed E-state index contributed by atoms with van der Waals surface area (Å²) in [7, 11) is 2.02. The van der Waals surface area contributed by atoms with Gasteiger partial charge in [0.15, 0.2) is 0 Å². The van der Waals surface area contributed by atoms with Gasteiger partial charge in [-0.05, 0) is 19.9 Å². The Morgan fingerprint density at radius 2 is 2.21 bits per heavy atom. The molecule has 80 valence electrons. The minimum Gasteiger partial charge on any atom is -0.357 e. The number of hydrogen-bond acceptors (Lipinski definition) is 3. The zero-order valence-corrected chi connectivity index (χ0v) is 9.13. The van der Waals surface area contributed by atoms with E-state index in [9.17, 15) is 0 Å². The van der Waals surface area contributed by atoms with Crippen molar-refractivity contribution in [2.45, 2.75) is 25.7 Å². The summed E-state index contributed by atoms with van der Waals surface area (Å²) >= 11 is 0. The lowest BCUT2D eigenvalue weighted by atomic mass is 10.1. The number of aliphatic imine (C=N–C) groups is 1. The first-order chi connectivity index (χ1) is 6.92. The van der Waals surface area contributed by atoms with Gasteiger partial charge in [0.25, 0.3) is 0 Å². The molecule has 0 radical (unpaired) electrons. The molecule has 0 spiro atoms. The Kier molecular flexibility index (Phi) is 3.40. The molecule has 3 nitrogen and oxygen atoms in total. The highest BCUT2D eigenvalue weighted by Crippen LogP contribution is 2.28. The number of nitrogens with one attached hydrogen (secondary N) is 1. The molecule has 1 heterocycles. The van der Waals surface area contributed by atoms with Crippen LogP contribution in [0, 0.1) is 5.92 Å². The quantitative estimate of drug-likeness (QED) is 0.727. The summed E-state index contributed by atoms with van der Waals surface area (Å²) in [4.78, 5) is 7.15. The van der Waals surface area contributed by atoms with E-state index in [2.05, 4.69) is 15.2 Å². The van der Waals surface area contributed by atoms with Crippen LogP contribution in [0.1, 0.15) is 25.7 Å². The molecule has 2 rings (SSSR count). The minimum atomic E-state index is 0.786. The van der Waals surface area contributed by atoms with Crippen LogP contribution in [0.5, 0.6) is 0 Å². The smallest absolute Gasteiger partial charge is 0.102 e. The van der Waals surface area contributed by atoms with Gasteiger partial charge in [-0.15, -0.1) is 0 Å². The van der Waals surface area contributed by atoms with Gasteiger partial charge in [0.1, 0.15) is 5.84 Å². The minimum absolute atomic E-state index is 0.786. The Bertz CT molecular complexity index is 207. The van der Waals surface area contributed by atoms with Crippen molar-refractivity contribution < 1.29 is 0 Å². The average Bonchev–Trinajstić information content (AvgIpc) is 2.84. The third-order valence-electron chi connectivity index (χ3n) is 3.32. The monoisotopic (exact) mass is 195 g/mol. The molecule has 14 heavy (non-hydrogen) atoms. The van der Waals surface area contributed by atoms with Crippen molar-refractivity contribution in [3.63, 3.8) is 0 Å². The van der Waals surface area contributed by atoms with Crippen molar-refractivity contribution in [2.24, 2.45) is 10.9 Å². The van der Waals surface area contributed by atoms with E-state index in [0.29, 0.717) is 0 Å². The van der Waals surface area contributed by atoms with Gasteiger partial charge in [-0.1, -0.05) is 12.8 Å². The van der Waals surface area contributed by atoms with Gasteiger partial charge in [0.05, 0.1) is 6.54 Å². The second-order valence-corrected chi connectivity index (χ2v) is 4.31. The Hall–Kier alpha value is -0.570. The fourth-order valence-electron chi connectivity index (χ4n) is 2.54. The molecule has 1 aliphatic heterocycles. The topological polar surface area (TPSA) is 27.6 Å². The number of amidine groups is 1. The molecule has 3 heteroatoms. The third-order valence-corrected chi connectivity index (χ3v) is 3.32. The maximum Gasteiger partial charge on any atom is 0.102 e. The van der Waals surface area contributed by atoms with Gasteiger partial charge in [-0.25, -0.2) is 0 Å². The SMILES string of the molecule is CNCCN1CCN=C1C1CCCC1. The van der Waals surface area contributed by atoms with Crippen LogP contribution in [-0.4, -0.2) is 44.0 Å². The van der Waals surface area contributed by atoms with Gasteiger partial charge >= 0.3 is 0 Å². The van der Waals surface area contributed by atoms with Gasteiger partial charge in [0.2, 0.25) is 0 Å². The summed E-state index contributed by atoms with van der Waals surface area (Å²) in [5.41, 5.74) is 0. The van der Waals surface area contributed by atoms with Gasteiger partial charge in [-0.3, -0.25) is 4.99 Å². The average molecular weight is 195 g/mol. The molecule has 1 saturated carbocycles. The Morgan fingerprint density at radius 1 is 1.43 bits per heavy atom. The highest BCUT2D eigenvalue weighted by molar-refractivity contribution is 5.86. The molecule has 0 bridgehead atoms. The fraction of sp³-hybridized carbons (Fsp3) is 0.909. The molecule has 0 aromatic heterocycles. The molecular weight excluding hydrogens is 174 g/mol. The molecule has 2 aliphatic rings. The van der Waals surface area contributed by atoms with Gasteiger partial charge < -0.3 is 10.2 Å². The molecule has 0 aromatic carbocycles. The van der Waals surface area contributed by atoms with Crippen LogP contribution in [0.2, 0.25) is 0 Å². The Labute approximate surface area is 86.6 Å². The van der Waals surface area contributed by atoms with E-state index in [1.165, 1.54) is 31.5 Å². The Morgan fingerprint density at radius 3 is 2.93 bits per heavy atom. The molecule has 0 unspecified atom stereocenters. The normalized spacial score (nSPS) is 23.2. The van der Waals surface area contributed by atoms with Crippen LogP contribution >= 0.6 is 0 Å². The maximum absolute atomic E-state index is 4.67. The van der Waals surface area contributed by atoms with Crippen LogP contribution < -0.4 is 5.32 Å². The molecule has 1 N–H and O–H groups in total. The lowest BCUT2D eigenvalue weighted by Gasteiger charge is -2.23. The highest BCUT2D eigenvalue weighted by Gasteiger charge is 2.27. The van der Waals surface area contributed by atoms with Gasteiger partial charge in [0, 0.05) is 25.6 Å². The molecule has 0 atom stereocenters. The third kappa shape index (κ3) is 2.08. The molecule has 1 aliphatic carbocycles. The second-order valence-electron chi connectivity index (χ2n) is 4.31. The zero-order valence-electron chi connectivity index (χ0n) is 9.13. The highest BCUT2D eigenvalue weighted by atomic mass is 15.2. The van der Waals surface area contributed by atoms with E-state index in [0.717, 1.165) is 32.1 Å². The first kappa shape index (κ1) is 9.97. The molecule has 0 amide bonds. The number of likely N-dealkylation sites (N-methyl/N-ethyl adjacent to an activating group) is 1. The Balaban J connectivity index is 1.88. The van der Waals surface area contributed by atoms with E-state index in [4.69, 9.17) is 0 Å². The predicted molar refractivity (Wildman–Crippen MR) is 59.8 cm³/mol. The van der Waals surface area contributed by atoms with Gasteiger partial charge in [-0.2, -0.15) is 0 Å². The maximum atomic E-state index is 4.67. The van der Waals surface area contributed by atoms with Crippen molar-refractivity contribution in [1.82, 2.24) is 10.2 Å². The largest absolute Gasteiger partial charge is 0.357 e. The van der Waals surface area contributed by atoms with Crippen molar-refractivity contribution in [2.75, 3.05) is 33.2 Å². The second kappa shape index (κ2) is 4.78. The molecule has 0 aromatic rings. The first-order valence-corrected chi connectivity index (χ1v) is 5.85. The van der Waals surface area contributed by atoms with Crippen LogP contribution in [0.3, 0.4) is 0 Å². The van der Waals surface area contributed by atoms with Crippen LogP contribution in [0.4, 0.5) is 0 Å². The predicted octanol–water partition coefficient (Wildman–Crippen LogP) is 1.11. The molecule has 0 saturated heterocycles. The van der Waals surface area contributed by atoms with Crippen molar-refractivity contribution in [1.29, 1.82) is 0 Å². The van der Waals surface area contributed by atoms with E-state index >= 15 is 0 Å². The van der Waals surface area contributed by atoms with Crippen molar-refractivity contribution in [3.8, 4) is 0 Å². The number of nitrogens with zero attached hydrogens (tertiary/aromatic N) is 2. The fourth-order valence-corrected chi connectivity index (χ4v) is 2.54. The van der Waals surface area contributed by atoms with E-state index in [-0.39, 0.29) is 0 Å². The summed E-state index contributed by atoms with van der Waals surface area (Å²) in [6.45, 7) is 4.38. The summed E-state index contributed by atoms with van der Waals surface area (Å²) < 4.78 is 0. The molecule has 1 fully saturated rings. The van der Waals surface area contributed by atoms with Crippen LogP contribution in [-0.2, 0) is 0 Å². The summed E-state index contributed by atoms with van der Waals surface area (Å²) in [6.07, 6.45) is 5.55. The van der Waals surface area contributed by atoms with Crippen LogP contribution in [0.25, 0.3) is 0 Å². The summed E-state index contributed by atoms with van der Waals surface area (Å²) in [5, 5.41) is 3.21.